The molecule has 0 bridgehead atoms. The normalized spacial score (nSPS) is 11.5. The number of hydrogen-bond donors (Lipinski definition) is 1. The molecule has 0 amide bonds. The zero-order valence-electron chi connectivity index (χ0n) is 12.4. The summed E-state index contributed by atoms with van der Waals surface area (Å²) in [5.41, 5.74) is 0. The monoisotopic (exact) mass is 372 g/mol. The topological polar surface area (TPSA) is 0 Å². The first kappa shape index (κ1) is 17.4. The van der Waals surface area contributed by atoms with E-state index in [2.05, 4.69) is 0 Å². The number of benzene rings is 3. The second-order valence-corrected chi connectivity index (χ2v) is 7.06. The standard InChI is InChI=1S/C18H10F6S/c19-10-4-1-5-11(20)16(10)25(17-12(21)6-2-7-13(17)22)18-14(23)8-3-9-15(18)24/h1-9,25H. The molecule has 0 aromatic heterocycles. The average Bonchev–Trinajstić information content (AvgIpc) is 2.53. The van der Waals surface area contributed by atoms with Gasteiger partial charge in [0.15, 0.2) is 0 Å². The summed E-state index contributed by atoms with van der Waals surface area (Å²) in [6, 6.07) is 8.36. The number of hydrogen-bond acceptors (Lipinski definition) is 0. The first-order valence-electron chi connectivity index (χ1n) is 7.04. The van der Waals surface area contributed by atoms with E-state index in [0.717, 1.165) is 54.6 Å². The van der Waals surface area contributed by atoms with E-state index in [-0.39, 0.29) is 0 Å². The lowest BCUT2D eigenvalue weighted by atomic mass is 10.3. The lowest BCUT2D eigenvalue weighted by molar-refractivity contribution is 0.519. The van der Waals surface area contributed by atoms with Crippen LogP contribution in [0.2, 0.25) is 0 Å². The second kappa shape index (κ2) is 6.84. The lowest BCUT2D eigenvalue weighted by Gasteiger charge is -2.25. The third kappa shape index (κ3) is 3.11. The maximum Gasteiger partial charge on any atom is 0.138 e. The molecule has 3 rings (SSSR count). The van der Waals surface area contributed by atoms with Gasteiger partial charge in [0.25, 0.3) is 0 Å². The summed E-state index contributed by atoms with van der Waals surface area (Å²) in [4.78, 5) is -2.32. The quantitative estimate of drug-likeness (QED) is 0.423. The maximum atomic E-state index is 14.3. The Balaban J connectivity index is 2.42. The first-order chi connectivity index (χ1) is 11.9. The molecule has 0 saturated heterocycles. The summed E-state index contributed by atoms with van der Waals surface area (Å²) in [6.45, 7) is 0. The summed E-state index contributed by atoms with van der Waals surface area (Å²) in [7, 11) is -2.82. The number of halogens is 6. The van der Waals surface area contributed by atoms with Crippen LogP contribution in [0.5, 0.6) is 0 Å². The van der Waals surface area contributed by atoms with Crippen molar-refractivity contribution in [2.75, 3.05) is 0 Å². The molecule has 0 atom stereocenters. The second-order valence-electron chi connectivity index (χ2n) is 5.05. The van der Waals surface area contributed by atoms with E-state index in [0.29, 0.717) is 0 Å². The molecule has 0 N–H and O–H groups in total. The Hall–Kier alpha value is -2.41. The fourth-order valence-electron chi connectivity index (χ4n) is 2.44. The van der Waals surface area contributed by atoms with Gasteiger partial charge in [-0.2, -0.15) is 10.9 Å². The summed E-state index contributed by atoms with van der Waals surface area (Å²) >= 11 is 0. The molecule has 0 aliphatic carbocycles. The molecule has 130 valence electrons. The fourth-order valence-corrected chi connectivity index (χ4v) is 4.84. The van der Waals surface area contributed by atoms with E-state index >= 15 is 0 Å². The molecule has 0 aliphatic heterocycles. The van der Waals surface area contributed by atoms with Gasteiger partial charge in [-0.3, -0.25) is 0 Å². The van der Waals surface area contributed by atoms with E-state index in [1.807, 2.05) is 0 Å². The Morgan fingerprint density at radius 3 is 0.800 bits per heavy atom. The molecule has 0 fully saturated rings. The molecular formula is C18H10F6S. The molecule has 0 radical (unpaired) electrons. The van der Waals surface area contributed by atoms with Crippen molar-refractivity contribution in [3.8, 4) is 0 Å². The van der Waals surface area contributed by atoms with Gasteiger partial charge in [0.1, 0.15) is 34.9 Å². The maximum absolute atomic E-state index is 14.3. The Morgan fingerprint density at radius 1 is 0.400 bits per heavy atom. The predicted octanol–water partition coefficient (Wildman–Crippen LogP) is 6.00. The van der Waals surface area contributed by atoms with Crippen molar-refractivity contribution in [3.63, 3.8) is 0 Å². The SMILES string of the molecule is Fc1cccc(F)c1[SH](c1c(F)cccc1F)c1c(F)cccc1F. The highest BCUT2D eigenvalue weighted by Crippen LogP contribution is 2.56. The first-order valence-corrected chi connectivity index (χ1v) is 8.38. The Morgan fingerprint density at radius 2 is 0.600 bits per heavy atom. The zero-order valence-corrected chi connectivity index (χ0v) is 13.3. The van der Waals surface area contributed by atoms with E-state index in [1.165, 1.54) is 0 Å². The number of thiol groups is 1. The molecule has 7 heteroatoms. The molecule has 0 aliphatic rings. The zero-order chi connectivity index (χ0) is 18.1. The minimum absolute atomic E-state index is 0.773. The van der Waals surface area contributed by atoms with Crippen molar-refractivity contribution in [1.29, 1.82) is 0 Å². The van der Waals surface area contributed by atoms with Crippen LogP contribution in [0.3, 0.4) is 0 Å². The Kier molecular flexibility index (Phi) is 4.76. The van der Waals surface area contributed by atoms with Crippen LogP contribution in [-0.4, -0.2) is 0 Å². The summed E-state index contributed by atoms with van der Waals surface area (Å²) < 4.78 is 85.7. The van der Waals surface area contributed by atoms with Gasteiger partial charge in [0, 0.05) is 0 Å². The van der Waals surface area contributed by atoms with Gasteiger partial charge in [0.2, 0.25) is 0 Å². The summed E-state index contributed by atoms with van der Waals surface area (Å²) in [5, 5.41) is 0. The molecule has 0 spiro atoms. The molecule has 0 nitrogen and oxygen atoms in total. The molecule has 3 aromatic carbocycles. The predicted molar refractivity (Wildman–Crippen MR) is 82.9 cm³/mol. The van der Waals surface area contributed by atoms with Crippen LogP contribution in [0.1, 0.15) is 0 Å². The van der Waals surface area contributed by atoms with Crippen LogP contribution in [0.25, 0.3) is 0 Å². The lowest BCUT2D eigenvalue weighted by Crippen LogP contribution is -2.03. The Bertz CT molecular complexity index is 758. The van der Waals surface area contributed by atoms with Crippen LogP contribution in [0.15, 0.2) is 69.3 Å². The van der Waals surface area contributed by atoms with Gasteiger partial charge in [-0.25, -0.2) is 26.3 Å². The van der Waals surface area contributed by atoms with E-state index in [4.69, 9.17) is 0 Å². The van der Waals surface area contributed by atoms with Crippen molar-refractivity contribution >= 4 is 10.9 Å². The van der Waals surface area contributed by atoms with E-state index in [9.17, 15) is 26.3 Å². The van der Waals surface area contributed by atoms with Crippen molar-refractivity contribution in [1.82, 2.24) is 0 Å². The number of rotatable bonds is 3. The fraction of sp³-hybridized carbons (Fsp3) is 0. The molecule has 0 unspecified atom stereocenters. The van der Waals surface area contributed by atoms with E-state index in [1.54, 1.807) is 0 Å². The van der Waals surface area contributed by atoms with Crippen molar-refractivity contribution < 1.29 is 26.3 Å². The highest BCUT2D eigenvalue weighted by atomic mass is 32.2. The van der Waals surface area contributed by atoms with Crippen LogP contribution in [-0.2, 0) is 0 Å². The molecule has 3 aromatic rings. The smallest absolute Gasteiger partial charge is 0.138 e. The Labute approximate surface area is 142 Å². The van der Waals surface area contributed by atoms with Gasteiger partial charge in [0.05, 0.1) is 14.7 Å². The highest BCUT2D eigenvalue weighted by Gasteiger charge is 2.30. The minimum atomic E-state index is -2.82. The third-order valence-electron chi connectivity index (χ3n) is 3.48. The van der Waals surface area contributed by atoms with Gasteiger partial charge in [-0.1, -0.05) is 18.2 Å². The van der Waals surface area contributed by atoms with Crippen LogP contribution >= 0.6 is 10.9 Å². The minimum Gasteiger partial charge on any atom is -0.206 e. The van der Waals surface area contributed by atoms with Crippen LogP contribution in [0.4, 0.5) is 26.3 Å². The third-order valence-corrected chi connectivity index (χ3v) is 6.11. The molecular weight excluding hydrogens is 362 g/mol. The van der Waals surface area contributed by atoms with Crippen molar-refractivity contribution in [2.45, 2.75) is 14.7 Å². The summed E-state index contributed by atoms with van der Waals surface area (Å²) in [5.74, 6) is -6.85. The van der Waals surface area contributed by atoms with Crippen LogP contribution < -0.4 is 0 Å². The van der Waals surface area contributed by atoms with Gasteiger partial charge in [-0.05, 0) is 36.4 Å². The van der Waals surface area contributed by atoms with Crippen LogP contribution in [0, 0.1) is 34.9 Å². The van der Waals surface area contributed by atoms with Gasteiger partial charge < -0.3 is 0 Å². The molecule has 0 saturated carbocycles. The highest BCUT2D eigenvalue weighted by molar-refractivity contribution is 8.17. The van der Waals surface area contributed by atoms with Gasteiger partial charge >= 0.3 is 0 Å². The molecule has 0 heterocycles. The van der Waals surface area contributed by atoms with Crippen molar-refractivity contribution in [2.24, 2.45) is 0 Å². The van der Waals surface area contributed by atoms with E-state index < -0.39 is 60.5 Å². The molecule has 25 heavy (non-hydrogen) atoms. The van der Waals surface area contributed by atoms with Gasteiger partial charge in [-0.15, -0.1) is 0 Å². The summed E-state index contributed by atoms with van der Waals surface area (Å²) in [6.07, 6.45) is 0. The largest absolute Gasteiger partial charge is 0.206 e. The van der Waals surface area contributed by atoms with Crippen molar-refractivity contribution in [3.05, 3.63) is 89.5 Å². The average molecular weight is 372 g/mol.